The number of likely N-dealkylation sites (tertiary alicyclic amines) is 1. The SMILES string of the molecule is Cc1cc(C)n(CCC(=O)N2CCC[C@@H](Nc3ccc(F)cc3)C2)n1. The molecule has 1 saturated heterocycles. The molecular weight excluding hydrogens is 319 g/mol. The normalized spacial score (nSPS) is 17.6. The number of hydrogen-bond acceptors (Lipinski definition) is 3. The molecule has 5 nitrogen and oxygen atoms in total. The Morgan fingerprint density at radius 2 is 2.08 bits per heavy atom. The van der Waals surface area contributed by atoms with Crippen LogP contribution in [0.4, 0.5) is 10.1 Å². The van der Waals surface area contributed by atoms with Crippen LogP contribution in [-0.2, 0) is 11.3 Å². The Morgan fingerprint density at radius 1 is 1.32 bits per heavy atom. The number of hydrogen-bond donors (Lipinski definition) is 1. The molecule has 0 spiro atoms. The highest BCUT2D eigenvalue weighted by atomic mass is 19.1. The molecule has 0 aliphatic carbocycles. The minimum Gasteiger partial charge on any atom is -0.381 e. The lowest BCUT2D eigenvalue weighted by Crippen LogP contribution is -2.45. The maximum absolute atomic E-state index is 13.0. The molecule has 1 amide bonds. The van der Waals surface area contributed by atoms with Crippen molar-refractivity contribution in [1.82, 2.24) is 14.7 Å². The van der Waals surface area contributed by atoms with Gasteiger partial charge in [-0.25, -0.2) is 4.39 Å². The number of amides is 1. The summed E-state index contributed by atoms with van der Waals surface area (Å²) >= 11 is 0. The van der Waals surface area contributed by atoms with Crippen molar-refractivity contribution in [1.29, 1.82) is 0 Å². The zero-order chi connectivity index (χ0) is 17.8. The lowest BCUT2D eigenvalue weighted by molar-refractivity contribution is -0.132. The van der Waals surface area contributed by atoms with E-state index in [0.29, 0.717) is 19.5 Å². The first-order chi connectivity index (χ1) is 12.0. The van der Waals surface area contributed by atoms with E-state index in [2.05, 4.69) is 10.4 Å². The van der Waals surface area contributed by atoms with Gasteiger partial charge in [0.05, 0.1) is 5.69 Å². The third-order valence-corrected chi connectivity index (χ3v) is 4.63. The Hall–Kier alpha value is -2.37. The van der Waals surface area contributed by atoms with E-state index in [1.165, 1.54) is 12.1 Å². The average Bonchev–Trinajstić information content (AvgIpc) is 2.92. The summed E-state index contributed by atoms with van der Waals surface area (Å²) in [4.78, 5) is 14.5. The van der Waals surface area contributed by atoms with Crippen LogP contribution in [0.2, 0.25) is 0 Å². The van der Waals surface area contributed by atoms with Gasteiger partial charge in [-0.2, -0.15) is 5.10 Å². The van der Waals surface area contributed by atoms with E-state index in [1.54, 1.807) is 12.1 Å². The van der Waals surface area contributed by atoms with Gasteiger partial charge in [-0.3, -0.25) is 9.48 Å². The topological polar surface area (TPSA) is 50.2 Å². The summed E-state index contributed by atoms with van der Waals surface area (Å²) in [5.41, 5.74) is 2.95. The van der Waals surface area contributed by atoms with Gasteiger partial charge >= 0.3 is 0 Å². The molecule has 134 valence electrons. The summed E-state index contributed by atoms with van der Waals surface area (Å²) in [6, 6.07) is 8.59. The molecule has 25 heavy (non-hydrogen) atoms. The predicted molar refractivity (Wildman–Crippen MR) is 95.9 cm³/mol. The van der Waals surface area contributed by atoms with Gasteiger partial charge in [0.1, 0.15) is 5.82 Å². The van der Waals surface area contributed by atoms with Crippen LogP contribution in [0.5, 0.6) is 0 Å². The quantitative estimate of drug-likeness (QED) is 0.907. The lowest BCUT2D eigenvalue weighted by Gasteiger charge is -2.34. The number of nitrogens with zero attached hydrogens (tertiary/aromatic N) is 3. The number of anilines is 1. The predicted octanol–water partition coefficient (Wildman–Crippen LogP) is 3.13. The average molecular weight is 344 g/mol. The Kier molecular flexibility index (Phi) is 5.36. The maximum atomic E-state index is 13.0. The van der Waals surface area contributed by atoms with Gasteiger partial charge in [0.25, 0.3) is 0 Å². The number of aryl methyl sites for hydroxylation is 3. The van der Waals surface area contributed by atoms with Crippen molar-refractivity contribution in [3.8, 4) is 0 Å². The molecule has 2 aromatic rings. The minimum absolute atomic E-state index is 0.165. The molecule has 6 heteroatoms. The third-order valence-electron chi connectivity index (χ3n) is 4.63. The highest BCUT2D eigenvalue weighted by Crippen LogP contribution is 2.17. The molecule has 1 N–H and O–H groups in total. The van der Waals surface area contributed by atoms with Crippen LogP contribution in [0.3, 0.4) is 0 Å². The number of rotatable bonds is 5. The second-order valence-electron chi connectivity index (χ2n) is 6.73. The van der Waals surface area contributed by atoms with Crippen molar-refractivity contribution in [3.63, 3.8) is 0 Å². The zero-order valence-electron chi connectivity index (χ0n) is 14.8. The fourth-order valence-corrected chi connectivity index (χ4v) is 3.36. The molecule has 0 unspecified atom stereocenters. The number of piperidine rings is 1. The molecule has 0 radical (unpaired) electrons. The van der Waals surface area contributed by atoms with Crippen molar-refractivity contribution in [2.45, 2.75) is 45.7 Å². The highest BCUT2D eigenvalue weighted by molar-refractivity contribution is 5.76. The lowest BCUT2D eigenvalue weighted by atomic mass is 10.0. The molecule has 0 bridgehead atoms. The first kappa shape index (κ1) is 17.5. The largest absolute Gasteiger partial charge is 0.381 e. The number of carbonyl (C=O) groups is 1. The van der Waals surface area contributed by atoms with Crippen molar-refractivity contribution in [2.24, 2.45) is 0 Å². The number of aromatic nitrogens is 2. The minimum atomic E-state index is -0.241. The molecule has 1 aliphatic rings. The summed E-state index contributed by atoms with van der Waals surface area (Å²) in [7, 11) is 0. The molecule has 1 atom stereocenters. The molecular formula is C19H25FN4O. The van der Waals surface area contributed by atoms with Crippen LogP contribution in [0, 0.1) is 19.7 Å². The molecule has 1 fully saturated rings. The van der Waals surface area contributed by atoms with Crippen molar-refractivity contribution in [2.75, 3.05) is 18.4 Å². The number of carbonyl (C=O) groups excluding carboxylic acids is 1. The van der Waals surface area contributed by atoms with Crippen LogP contribution in [0.1, 0.15) is 30.7 Å². The highest BCUT2D eigenvalue weighted by Gasteiger charge is 2.23. The third kappa shape index (κ3) is 4.59. The van der Waals surface area contributed by atoms with E-state index in [0.717, 1.165) is 36.5 Å². The summed E-state index contributed by atoms with van der Waals surface area (Å²) in [6.07, 6.45) is 2.45. The number of benzene rings is 1. The molecule has 1 aromatic carbocycles. The number of halogens is 1. The van der Waals surface area contributed by atoms with E-state index in [9.17, 15) is 9.18 Å². The van der Waals surface area contributed by atoms with Crippen LogP contribution in [-0.4, -0.2) is 39.7 Å². The van der Waals surface area contributed by atoms with E-state index in [-0.39, 0.29) is 17.8 Å². The molecule has 0 saturated carbocycles. The smallest absolute Gasteiger partial charge is 0.224 e. The van der Waals surface area contributed by atoms with E-state index in [4.69, 9.17) is 0 Å². The van der Waals surface area contributed by atoms with Gasteiger partial charge in [0.15, 0.2) is 0 Å². The molecule has 1 aliphatic heterocycles. The van der Waals surface area contributed by atoms with E-state index < -0.39 is 0 Å². The molecule has 3 rings (SSSR count). The second-order valence-corrected chi connectivity index (χ2v) is 6.73. The number of nitrogens with one attached hydrogen (secondary N) is 1. The van der Waals surface area contributed by atoms with Gasteiger partial charge < -0.3 is 10.2 Å². The van der Waals surface area contributed by atoms with Gasteiger partial charge in [-0.05, 0) is 57.0 Å². The summed E-state index contributed by atoms with van der Waals surface area (Å²) in [5, 5.41) is 7.81. The van der Waals surface area contributed by atoms with Gasteiger partial charge in [0, 0.05) is 43.5 Å². The van der Waals surface area contributed by atoms with Gasteiger partial charge in [-0.1, -0.05) is 0 Å². The van der Waals surface area contributed by atoms with Gasteiger partial charge in [0.2, 0.25) is 5.91 Å². The zero-order valence-corrected chi connectivity index (χ0v) is 14.8. The van der Waals surface area contributed by atoms with E-state index >= 15 is 0 Å². The molecule has 1 aromatic heterocycles. The standard InChI is InChI=1S/C19H25FN4O/c1-14-12-15(2)24(22-14)11-9-19(25)23-10-3-4-18(13-23)21-17-7-5-16(20)6-8-17/h5-8,12,18,21H,3-4,9-11,13H2,1-2H3/t18-/m1/s1. The molecule has 2 heterocycles. The summed E-state index contributed by atoms with van der Waals surface area (Å²) in [5.74, 6) is -0.0756. The Bertz CT molecular complexity index is 726. The Morgan fingerprint density at radius 3 is 2.76 bits per heavy atom. The first-order valence-electron chi connectivity index (χ1n) is 8.82. The monoisotopic (exact) mass is 344 g/mol. The van der Waals surface area contributed by atoms with Crippen LogP contribution >= 0.6 is 0 Å². The second kappa shape index (κ2) is 7.68. The van der Waals surface area contributed by atoms with Gasteiger partial charge in [-0.15, -0.1) is 0 Å². The Balaban J connectivity index is 1.52. The summed E-state index contributed by atoms with van der Waals surface area (Å²) < 4.78 is 14.9. The van der Waals surface area contributed by atoms with Crippen LogP contribution < -0.4 is 5.32 Å². The van der Waals surface area contributed by atoms with Crippen molar-refractivity contribution >= 4 is 11.6 Å². The van der Waals surface area contributed by atoms with E-state index in [1.807, 2.05) is 29.5 Å². The van der Waals surface area contributed by atoms with Crippen LogP contribution in [0.25, 0.3) is 0 Å². The summed E-state index contributed by atoms with van der Waals surface area (Å²) in [6.45, 7) is 6.08. The maximum Gasteiger partial charge on any atom is 0.224 e. The fraction of sp³-hybridized carbons (Fsp3) is 0.474. The van der Waals surface area contributed by atoms with Crippen LogP contribution in [0.15, 0.2) is 30.3 Å². The first-order valence-corrected chi connectivity index (χ1v) is 8.82. The van der Waals surface area contributed by atoms with Crippen molar-refractivity contribution in [3.05, 3.63) is 47.5 Å². The Labute approximate surface area is 147 Å². The van der Waals surface area contributed by atoms with Crippen molar-refractivity contribution < 1.29 is 9.18 Å². The fourth-order valence-electron chi connectivity index (χ4n) is 3.36.